The van der Waals surface area contributed by atoms with E-state index in [1.54, 1.807) is 0 Å². The van der Waals surface area contributed by atoms with Gasteiger partial charge < -0.3 is 50.9 Å². The number of nitrogens with zero attached hydrogens (tertiary/aromatic N) is 4. The number of ether oxygens (including phenoxy) is 1. The Hall–Kier alpha value is -2.44. The van der Waals surface area contributed by atoms with Crippen LogP contribution in [0.1, 0.15) is 39.8 Å². The molecule has 2 unspecified atom stereocenters. The first-order valence-corrected chi connectivity index (χ1v) is 21.2. The molecule has 3 rings (SSSR count). The van der Waals surface area contributed by atoms with Crippen molar-refractivity contribution < 1.29 is 80.5 Å². The topological polar surface area (TPSA) is 364 Å². The number of amides is 2. The average molecular weight is 838 g/mol. The number of thioether (sulfide) groups is 1. The number of nitrogens with two attached hydrogens (primary N) is 1. The molecule has 0 bridgehead atoms. The minimum Gasteiger partial charge on any atom is -0.386 e. The summed E-state index contributed by atoms with van der Waals surface area (Å²) in [6.45, 7) is 2.19. The number of nitrogens with one attached hydrogen (secondary N) is 2. The number of aliphatic hydroxyl groups is 2. The molecule has 10 N–H and O–H groups in total. The zero-order valence-electron chi connectivity index (χ0n) is 28.5. The third-order valence-electron chi connectivity index (χ3n) is 7.24. The van der Waals surface area contributed by atoms with Crippen LogP contribution in [0.2, 0.25) is 0 Å². The zero-order chi connectivity index (χ0) is 39.8. The number of phosphoric ester groups is 3. The summed E-state index contributed by atoms with van der Waals surface area (Å²) in [5.41, 5.74) is 4.28. The van der Waals surface area contributed by atoms with E-state index in [-0.39, 0.29) is 41.6 Å². The lowest BCUT2D eigenvalue weighted by Crippen LogP contribution is -2.46. The van der Waals surface area contributed by atoms with Crippen LogP contribution in [-0.4, -0.2) is 129 Å². The summed E-state index contributed by atoms with van der Waals surface area (Å²) in [4.78, 5) is 86.2. The second-order valence-corrected chi connectivity index (χ2v) is 17.6. The van der Waals surface area contributed by atoms with Crippen LogP contribution in [-0.2, 0) is 50.7 Å². The maximum absolute atomic E-state index is 12.6. The summed E-state index contributed by atoms with van der Waals surface area (Å²) in [6, 6.07) is 0. The van der Waals surface area contributed by atoms with E-state index < -0.39 is 78.6 Å². The molecule has 0 aliphatic carbocycles. The molecule has 1 fully saturated rings. The van der Waals surface area contributed by atoms with Gasteiger partial charge in [-0.05, 0) is 6.92 Å². The smallest absolute Gasteiger partial charge is 0.386 e. The van der Waals surface area contributed by atoms with Crippen molar-refractivity contribution in [2.45, 2.75) is 64.3 Å². The number of nitrogen functional groups attached to an aromatic ring is 1. The van der Waals surface area contributed by atoms with Gasteiger partial charge >= 0.3 is 23.5 Å². The number of aliphatic hydroxyl groups excluding tert-OH is 2. The summed E-state index contributed by atoms with van der Waals surface area (Å²) in [7, 11) is -16.4. The fraction of sp³-hybridized carbons (Fsp3) is 0.680. The van der Waals surface area contributed by atoms with Gasteiger partial charge in [-0.25, -0.2) is 28.6 Å². The van der Waals surface area contributed by atoms with E-state index >= 15 is 0 Å². The highest BCUT2D eigenvalue weighted by atomic mass is 32.2. The molecule has 300 valence electrons. The Labute approximate surface area is 306 Å². The third-order valence-corrected chi connectivity index (χ3v) is 11.3. The Morgan fingerprint density at radius 2 is 1.72 bits per heavy atom. The second-order valence-electron chi connectivity index (χ2n) is 12.1. The van der Waals surface area contributed by atoms with Gasteiger partial charge in [-0.15, -0.1) is 0 Å². The van der Waals surface area contributed by atoms with E-state index in [1.807, 2.05) is 0 Å². The van der Waals surface area contributed by atoms with Gasteiger partial charge in [0.15, 0.2) is 17.7 Å². The molecule has 1 aliphatic rings. The molecular weight excluding hydrogens is 795 g/mol. The Bertz CT molecular complexity index is 1750. The number of rotatable bonds is 22. The molecule has 2 amide bonds. The van der Waals surface area contributed by atoms with Crippen molar-refractivity contribution in [3.63, 3.8) is 0 Å². The second kappa shape index (κ2) is 18.9. The molecule has 0 aromatic carbocycles. The molecule has 53 heavy (non-hydrogen) atoms. The number of aromatic nitrogens is 4. The van der Waals surface area contributed by atoms with Gasteiger partial charge in [0.1, 0.15) is 42.0 Å². The van der Waals surface area contributed by atoms with Crippen LogP contribution >= 0.6 is 35.2 Å². The van der Waals surface area contributed by atoms with Crippen LogP contribution in [0.5, 0.6) is 0 Å². The number of imidazole rings is 1. The van der Waals surface area contributed by atoms with Crippen molar-refractivity contribution >= 4 is 69.8 Å². The number of ketones is 1. The van der Waals surface area contributed by atoms with E-state index in [0.717, 1.165) is 17.2 Å². The highest BCUT2D eigenvalue weighted by molar-refractivity contribution is 7.99. The Morgan fingerprint density at radius 3 is 2.38 bits per heavy atom. The molecule has 0 radical (unpaired) electrons. The molecule has 1 saturated heterocycles. The van der Waals surface area contributed by atoms with Crippen molar-refractivity contribution in [1.29, 1.82) is 0 Å². The minimum atomic E-state index is -5.56. The summed E-state index contributed by atoms with van der Waals surface area (Å²) in [5.74, 6) is -0.0945. The monoisotopic (exact) mass is 837 g/mol. The summed E-state index contributed by atoms with van der Waals surface area (Å²) in [5, 5.41) is 26.4. The molecular formula is C25H42N7O17P3S. The van der Waals surface area contributed by atoms with Gasteiger partial charge in [-0.2, -0.15) is 16.1 Å². The van der Waals surface area contributed by atoms with Crippen LogP contribution in [0.4, 0.5) is 5.82 Å². The minimum absolute atomic E-state index is 0.0328. The molecule has 1 aliphatic heterocycles. The number of fused-ring (bicyclic) bond motifs is 1. The van der Waals surface area contributed by atoms with E-state index in [1.165, 1.54) is 32.5 Å². The summed E-state index contributed by atoms with van der Waals surface area (Å²) < 4.78 is 62.0. The number of carbonyl (C=O) groups excluding carboxylic acids is 3. The van der Waals surface area contributed by atoms with Crippen molar-refractivity contribution in [2.24, 2.45) is 5.41 Å². The predicted molar refractivity (Wildman–Crippen MR) is 182 cm³/mol. The molecule has 0 saturated carbocycles. The fourth-order valence-electron chi connectivity index (χ4n) is 4.52. The maximum atomic E-state index is 12.6. The molecule has 28 heteroatoms. The normalized spacial score (nSPS) is 22.2. The van der Waals surface area contributed by atoms with Gasteiger partial charge in [-0.1, -0.05) is 13.8 Å². The Morgan fingerprint density at radius 1 is 1.04 bits per heavy atom. The SMILES string of the molecule is CC(=O)CCSCCNC(=O)CCNC(=O)[C@H](O)C(C)(C)COP(=O)(O)OP(=O)(O)OC[C@H]1O[C@H](n2cnc3c(N)ncnc32)[C@H](O)[C@@H]1OP(=O)(O)O. The van der Waals surface area contributed by atoms with Gasteiger partial charge in [0.05, 0.1) is 19.5 Å². The molecule has 3 heterocycles. The first-order chi connectivity index (χ1) is 24.5. The lowest BCUT2D eigenvalue weighted by Gasteiger charge is -2.30. The number of carbonyl (C=O) groups is 3. The highest BCUT2D eigenvalue weighted by Gasteiger charge is 2.50. The van der Waals surface area contributed by atoms with Gasteiger partial charge in [0.2, 0.25) is 11.8 Å². The van der Waals surface area contributed by atoms with E-state index in [4.69, 9.17) is 19.5 Å². The lowest BCUT2D eigenvalue weighted by atomic mass is 9.87. The van der Waals surface area contributed by atoms with Crippen LogP contribution in [0.15, 0.2) is 12.7 Å². The average Bonchev–Trinajstić information content (AvgIpc) is 3.60. The van der Waals surface area contributed by atoms with E-state index in [0.29, 0.717) is 24.5 Å². The predicted octanol–water partition coefficient (Wildman–Crippen LogP) is -0.883. The Balaban J connectivity index is 1.51. The van der Waals surface area contributed by atoms with Crippen molar-refractivity contribution in [3.05, 3.63) is 12.7 Å². The van der Waals surface area contributed by atoms with Crippen LogP contribution in [0.3, 0.4) is 0 Å². The molecule has 24 nitrogen and oxygen atoms in total. The number of hydrogen-bond acceptors (Lipinski definition) is 18. The quantitative estimate of drug-likeness (QED) is 0.0513. The van der Waals surface area contributed by atoms with E-state index in [2.05, 4.69) is 34.4 Å². The van der Waals surface area contributed by atoms with Crippen LogP contribution in [0.25, 0.3) is 11.2 Å². The summed E-state index contributed by atoms with van der Waals surface area (Å²) >= 11 is 1.49. The van der Waals surface area contributed by atoms with E-state index in [9.17, 15) is 57.9 Å². The van der Waals surface area contributed by atoms with Gasteiger partial charge in [0.25, 0.3) is 0 Å². The molecule has 0 spiro atoms. The van der Waals surface area contributed by atoms with Gasteiger partial charge in [-0.3, -0.25) is 32.5 Å². The molecule has 7 atom stereocenters. The van der Waals surface area contributed by atoms with Crippen LogP contribution < -0.4 is 16.4 Å². The number of anilines is 1. The summed E-state index contributed by atoms with van der Waals surface area (Å²) in [6.07, 6.45) is -6.39. The molecule has 2 aromatic rings. The van der Waals surface area contributed by atoms with Crippen molar-refractivity contribution in [2.75, 3.05) is 43.5 Å². The van der Waals surface area contributed by atoms with Crippen molar-refractivity contribution in [3.8, 4) is 0 Å². The van der Waals surface area contributed by atoms with Crippen LogP contribution in [0, 0.1) is 5.41 Å². The molecule has 2 aromatic heterocycles. The van der Waals surface area contributed by atoms with Crippen molar-refractivity contribution in [1.82, 2.24) is 30.2 Å². The first kappa shape index (κ1) is 45.0. The highest BCUT2D eigenvalue weighted by Crippen LogP contribution is 2.61. The lowest BCUT2D eigenvalue weighted by molar-refractivity contribution is -0.137. The maximum Gasteiger partial charge on any atom is 0.481 e. The largest absolute Gasteiger partial charge is 0.481 e. The third kappa shape index (κ3) is 14.0. The fourth-order valence-corrected chi connectivity index (χ4v) is 8.23. The zero-order valence-corrected chi connectivity index (χ0v) is 32.0. The van der Waals surface area contributed by atoms with Gasteiger partial charge in [0, 0.05) is 42.9 Å². The Kier molecular flexibility index (Phi) is 16.1. The number of Topliss-reactive ketones (excluding diaryl/α,β-unsaturated/α-hetero) is 1. The number of hydrogen-bond donors (Lipinski definition) is 9. The standard InChI is InChI=1S/C25H42N7O17P3S/c1-14(33)5-8-53-9-7-27-16(34)4-6-28-23(37)20(36)25(2,3)11-46-52(43,44)49-51(41,42)45-10-15-19(48-50(38,39)40)18(35)24(47-15)32-13-31-17-21(26)29-12-30-22(17)32/h12-13,15,18-20,24,35-36H,4-11H2,1-3H3,(H,27,34)(H,28,37)(H,41,42)(H,43,44)(H2,26,29,30)(H2,38,39,40)/t15-,18-,19-,20+,24+/m1/s1. The first-order valence-electron chi connectivity index (χ1n) is 15.5. The number of phosphoric acid groups is 3.